The van der Waals surface area contributed by atoms with E-state index < -0.39 is 0 Å². The summed E-state index contributed by atoms with van der Waals surface area (Å²) in [5.41, 5.74) is 1.01. The first-order valence-electron chi connectivity index (χ1n) is 11.2. The molecule has 1 aromatic carbocycles. The SMILES string of the molecule is CCOC(=O)N1CCN(C(=O)c2csc(CN(C(=O)Nc3ccc(OC)cc3)C(C)C)n2)CC1. The van der Waals surface area contributed by atoms with E-state index in [9.17, 15) is 14.4 Å². The Balaban J connectivity index is 1.58. The molecule has 1 saturated heterocycles. The normalized spacial score (nSPS) is 13.6. The number of amides is 4. The van der Waals surface area contributed by atoms with Crippen LogP contribution >= 0.6 is 11.3 Å². The quantitative estimate of drug-likeness (QED) is 0.638. The van der Waals surface area contributed by atoms with Gasteiger partial charge in [-0.3, -0.25) is 4.79 Å². The van der Waals surface area contributed by atoms with Gasteiger partial charge in [0.25, 0.3) is 5.91 Å². The molecule has 1 fully saturated rings. The van der Waals surface area contributed by atoms with Crippen molar-refractivity contribution in [2.24, 2.45) is 0 Å². The lowest BCUT2D eigenvalue weighted by Crippen LogP contribution is -2.50. The highest BCUT2D eigenvalue weighted by molar-refractivity contribution is 7.09. The highest BCUT2D eigenvalue weighted by Gasteiger charge is 2.27. The number of thiazole rings is 1. The highest BCUT2D eigenvalue weighted by atomic mass is 32.1. The smallest absolute Gasteiger partial charge is 0.409 e. The van der Waals surface area contributed by atoms with Gasteiger partial charge in [0, 0.05) is 43.3 Å². The van der Waals surface area contributed by atoms with Gasteiger partial charge in [0.2, 0.25) is 0 Å². The Morgan fingerprint density at radius 3 is 2.35 bits per heavy atom. The molecule has 11 heteroatoms. The molecule has 4 amide bonds. The Hall–Kier alpha value is -3.34. The van der Waals surface area contributed by atoms with Crippen molar-refractivity contribution in [3.05, 3.63) is 40.3 Å². The number of anilines is 1. The summed E-state index contributed by atoms with van der Waals surface area (Å²) in [6.07, 6.45) is -0.354. The van der Waals surface area contributed by atoms with Crippen molar-refractivity contribution >= 4 is 35.1 Å². The maximum atomic E-state index is 12.9. The Labute approximate surface area is 203 Å². The molecule has 0 aliphatic carbocycles. The molecule has 0 unspecified atom stereocenters. The molecule has 1 N–H and O–H groups in total. The molecule has 10 nitrogen and oxygen atoms in total. The third kappa shape index (κ3) is 6.37. The van der Waals surface area contributed by atoms with Crippen LogP contribution in [0.5, 0.6) is 5.75 Å². The molecule has 0 radical (unpaired) electrons. The van der Waals surface area contributed by atoms with Crippen molar-refractivity contribution in [3.63, 3.8) is 0 Å². The van der Waals surface area contributed by atoms with Crippen LogP contribution in [-0.4, -0.2) is 83.7 Å². The molecule has 1 aromatic heterocycles. The van der Waals surface area contributed by atoms with Crippen LogP contribution in [0.2, 0.25) is 0 Å². The number of hydrogen-bond donors (Lipinski definition) is 1. The Morgan fingerprint density at radius 1 is 1.12 bits per heavy atom. The molecular weight excluding hydrogens is 458 g/mol. The summed E-state index contributed by atoms with van der Waals surface area (Å²) in [5.74, 6) is 0.533. The lowest BCUT2D eigenvalue weighted by molar-refractivity contribution is 0.0566. The van der Waals surface area contributed by atoms with Crippen LogP contribution in [-0.2, 0) is 11.3 Å². The van der Waals surface area contributed by atoms with Crippen molar-refractivity contribution in [1.82, 2.24) is 19.7 Å². The van der Waals surface area contributed by atoms with Gasteiger partial charge in [-0.2, -0.15) is 0 Å². The number of ether oxygens (including phenoxy) is 2. The number of aromatic nitrogens is 1. The molecule has 2 heterocycles. The minimum atomic E-state index is -0.354. The molecule has 184 valence electrons. The largest absolute Gasteiger partial charge is 0.497 e. The Kier molecular flexibility index (Phi) is 8.69. The predicted octanol–water partition coefficient (Wildman–Crippen LogP) is 3.51. The Morgan fingerprint density at radius 2 is 1.76 bits per heavy atom. The van der Waals surface area contributed by atoms with Gasteiger partial charge >= 0.3 is 12.1 Å². The topological polar surface area (TPSA) is 104 Å². The lowest BCUT2D eigenvalue weighted by Gasteiger charge is -2.33. The van der Waals surface area contributed by atoms with Crippen molar-refractivity contribution in [2.45, 2.75) is 33.4 Å². The number of piperazine rings is 1. The molecule has 34 heavy (non-hydrogen) atoms. The number of hydrogen-bond acceptors (Lipinski definition) is 7. The van der Waals surface area contributed by atoms with Gasteiger partial charge in [0.05, 0.1) is 20.3 Å². The zero-order valence-corrected chi connectivity index (χ0v) is 20.8. The maximum absolute atomic E-state index is 12.9. The third-order valence-electron chi connectivity index (χ3n) is 5.39. The summed E-state index contributed by atoms with van der Waals surface area (Å²) in [5, 5.41) is 5.28. The second kappa shape index (κ2) is 11.7. The van der Waals surface area contributed by atoms with E-state index >= 15 is 0 Å². The Bertz CT molecular complexity index is 986. The number of rotatable bonds is 7. The van der Waals surface area contributed by atoms with Crippen LogP contribution in [0.3, 0.4) is 0 Å². The second-order valence-electron chi connectivity index (χ2n) is 7.98. The van der Waals surface area contributed by atoms with E-state index in [0.717, 1.165) is 0 Å². The van der Waals surface area contributed by atoms with Crippen LogP contribution in [0.4, 0.5) is 15.3 Å². The summed E-state index contributed by atoms with van der Waals surface area (Å²) in [7, 11) is 1.59. The van der Waals surface area contributed by atoms with E-state index in [1.165, 1.54) is 11.3 Å². The summed E-state index contributed by atoms with van der Waals surface area (Å²) in [4.78, 5) is 47.1. The monoisotopic (exact) mass is 489 g/mol. The van der Waals surface area contributed by atoms with Gasteiger partial charge in [0.1, 0.15) is 16.5 Å². The average Bonchev–Trinajstić information content (AvgIpc) is 3.31. The summed E-state index contributed by atoms with van der Waals surface area (Å²) in [6, 6.07) is 6.78. The number of carbonyl (C=O) groups excluding carboxylic acids is 3. The van der Waals surface area contributed by atoms with Crippen LogP contribution in [0, 0.1) is 0 Å². The molecule has 3 rings (SSSR count). The molecule has 0 bridgehead atoms. The third-order valence-corrected chi connectivity index (χ3v) is 6.23. The van der Waals surface area contributed by atoms with Crippen molar-refractivity contribution in [3.8, 4) is 5.75 Å². The van der Waals surface area contributed by atoms with Crippen molar-refractivity contribution < 1.29 is 23.9 Å². The van der Waals surface area contributed by atoms with E-state index in [2.05, 4.69) is 10.3 Å². The fourth-order valence-corrected chi connectivity index (χ4v) is 4.22. The van der Waals surface area contributed by atoms with Gasteiger partial charge in [-0.1, -0.05) is 0 Å². The number of benzene rings is 1. The molecule has 0 spiro atoms. The summed E-state index contributed by atoms with van der Waals surface area (Å²) in [6.45, 7) is 7.93. The molecule has 1 aliphatic rings. The zero-order valence-electron chi connectivity index (χ0n) is 19.9. The second-order valence-corrected chi connectivity index (χ2v) is 8.93. The standard InChI is InChI=1S/C23H31N5O5S/c1-5-33-23(31)27-12-10-26(11-13-27)21(29)19-15-34-20(25-19)14-28(16(2)3)22(30)24-17-6-8-18(32-4)9-7-17/h6-9,15-16H,5,10-14H2,1-4H3,(H,24,30). The molecule has 2 aromatic rings. The minimum Gasteiger partial charge on any atom is -0.497 e. The van der Waals surface area contributed by atoms with Gasteiger partial charge in [-0.25, -0.2) is 14.6 Å². The highest BCUT2D eigenvalue weighted by Crippen LogP contribution is 2.19. The lowest BCUT2D eigenvalue weighted by atomic mass is 10.3. The van der Waals surface area contributed by atoms with E-state index in [-0.39, 0.29) is 30.6 Å². The van der Waals surface area contributed by atoms with Crippen LogP contribution < -0.4 is 10.1 Å². The van der Waals surface area contributed by atoms with E-state index in [1.807, 2.05) is 13.8 Å². The van der Waals surface area contributed by atoms with Crippen LogP contribution in [0.15, 0.2) is 29.6 Å². The number of methoxy groups -OCH3 is 1. The van der Waals surface area contributed by atoms with Crippen LogP contribution in [0.25, 0.3) is 0 Å². The summed E-state index contributed by atoms with van der Waals surface area (Å²) < 4.78 is 10.2. The summed E-state index contributed by atoms with van der Waals surface area (Å²) >= 11 is 1.35. The van der Waals surface area contributed by atoms with Crippen molar-refractivity contribution in [1.29, 1.82) is 0 Å². The first kappa shape index (κ1) is 25.3. The maximum Gasteiger partial charge on any atom is 0.409 e. The molecular formula is C23H31N5O5S. The first-order chi connectivity index (χ1) is 16.3. The van der Waals surface area contributed by atoms with Gasteiger partial charge in [0.15, 0.2) is 0 Å². The van der Waals surface area contributed by atoms with E-state index in [4.69, 9.17) is 9.47 Å². The van der Waals surface area contributed by atoms with Crippen LogP contribution in [0.1, 0.15) is 36.3 Å². The number of carbonyl (C=O) groups is 3. The number of nitrogens with one attached hydrogen (secondary N) is 1. The number of urea groups is 1. The fourth-order valence-electron chi connectivity index (χ4n) is 3.45. The van der Waals surface area contributed by atoms with Gasteiger partial charge in [-0.05, 0) is 45.0 Å². The average molecular weight is 490 g/mol. The molecule has 0 atom stereocenters. The van der Waals surface area contributed by atoms with Gasteiger partial charge in [-0.15, -0.1) is 11.3 Å². The van der Waals surface area contributed by atoms with Crippen molar-refractivity contribution in [2.75, 3.05) is 45.2 Å². The molecule has 1 aliphatic heterocycles. The van der Waals surface area contributed by atoms with Gasteiger partial charge < -0.3 is 29.5 Å². The fraction of sp³-hybridized carbons (Fsp3) is 0.478. The predicted molar refractivity (Wildman–Crippen MR) is 129 cm³/mol. The zero-order chi connectivity index (χ0) is 24.7. The van der Waals surface area contributed by atoms with E-state index in [0.29, 0.717) is 54.9 Å². The number of nitrogens with zero attached hydrogens (tertiary/aromatic N) is 4. The molecule has 0 saturated carbocycles. The van der Waals surface area contributed by atoms with E-state index in [1.54, 1.807) is 58.4 Å². The first-order valence-corrected chi connectivity index (χ1v) is 12.1. The minimum absolute atomic E-state index is 0.0720.